The first-order chi connectivity index (χ1) is 9.76. The first-order valence-electron chi connectivity index (χ1n) is 7.53. The summed E-state index contributed by atoms with van der Waals surface area (Å²) in [5.74, 6) is 1.72. The molecule has 110 valence electrons. The van der Waals surface area contributed by atoms with E-state index in [0.717, 1.165) is 37.6 Å². The molecule has 2 fully saturated rings. The molecule has 2 saturated heterocycles. The molecule has 4 heteroatoms. The van der Waals surface area contributed by atoms with Crippen molar-refractivity contribution in [2.45, 2.75) is 31.4 Å². The monoisotopic (exact) mass is 276 g/mol. The Morgan fingerprint density at radius 2 is 2.15 bits per heavy atom. The second-order valence-corrected chi connectivity index (χ2v) is 5.85. The topological polar surface area (TPSA) is 33.7 Å². The molecule has 1 N–H and O–H groups in total. The van der Waals surface area contributed by atoms with Crippen LogP contribution in [0.1, 0.15) is 30.9 Å². The van der Waals surface area contributed by atoms with E-state index in [1.807, 2.05) is 0 Å². The van der Waals surface area contributed by atoms with Crippen molar-refractivity contribution in [1.82, 2.24) is 10.2 Å². The Morgan fingerprint density at radius 1 is 1.25 bits per heavy atom. The summed E-state index contributed by atoms with van der Waals surface area (Å²) in [4.78, 5) is 2.30. The molecule has 2 atom stereocenters. The third-order valence-electron chi connectivity index (χ3n) is 4.29. The fourth-order valence-corrected chi connectivity index (χ4v) is 3.14. The van der Waals surface area contributed by atoms with Crippen LogP contribution < -0.4 is 14.8 Å². The van der Waals surface area contributed by atoms with Crippen molar-refractivity contribution in [3.63, 3.8) is 0 Å². The summed E-state index contributed by atoms with van der Waals surface area (Å²) in [5, 5.41) is 3.52. The first kappa shape index (κ1) is 13.7. The Morgan fingerprint density at radius 3 is 2.80 bits per heavy atom. The maximum atomic E-state index is 6.10. The van der Waals surface area contributed by atoms with Gasteiger partial charge in [-0.2, -0.15) is 0 Å². The van der Waals surface area contributed by atoms with E-state index in [4.69, 9.17) is 9.47 Å². The van der Waals surface area contributed by atoms with Crippen LogP contribution >= 0.6 is 0 Å². The van der Waals surface area contributed by atoms with Crippen LogP contribution in [0.4, 0.5) is 0 Å². The van der Waals surface area contributed by atoms with Crippen molar-refractivity contribution >= 4 is 0 Å². The summed E-state index contributed by atoms with van der Waals surface area (Å²) in [6.45, 7) is 3.21. The number of hydrogen-bond donors (Lipinski definition) is 1. The maximum absolute atomic E-state index is 6.10. The van der Waals surface area contributed by atoms with Crippen molar-refractivity contribution in [2.24, 2.45) is 0 Å². The number of benzene rings is 1. The third kappa shape index (κ3) is 2.91. The molecule has 0 amide bonds. The predicted octanol–water partition coefficient (Wildman–Crippen LogP) is 2.20. The molecule has 0 radical (unpaired) electrons. The summed E-state index contributed by atoms with van der Waals surface area (Å²) in [7, 11) is 3.85. The van der Waals surface area contributed by atoms with Crippen LogP contribution in [0.3, 0.4) is 0 Å². The van der Waals surface area contributed by atoms with Crippen LogP contribution in [0.25, 0.3) is 0 Å². The molecule has 0 aliphatic carbocycles. The molecule has 4 nitrogen and oxygen atoms in total. The highest BCUT2D eigenvalue weighted by Gasteiger charge is 2.23. The quantitative estimate of drug-likeness (QED) is 0.914. The zero-order chi connectivity index (χ0) is 13.9. The highest BCUT2D eigenvalue weighted by molar-refractivity contribution is 5.44. The Labute approximate surface area is 121 Å². The summed E-state index contributed by atoms with van der Waals surface area (Å²) >= 11 is 0. The van der Waals surface area contributed by atoms with Crippen molar-refractivity contribution in [3.8, 4) is 11.5 Å². The van der Waals surface area contributed by atoms with E-state index in [9.17, 15) is 0 Å². The van der Waals surface area contributed by atoms with E-state index >= 15 is 0 Å². The number of methoxy groups -OCH3 is 1. The van der Waals surface area contributed by atoms with Crippen LogP contribution in [-0.2, 0) is 0 Å². The van der Waals surface area contributed by atoms with Crippen LogP contribution in [0.15, 0.2) is 18.2 Å². The van der Waals surface area contributed by atoms with E-state index in [0.29, 0.717) is 6.04 Å². The molecule has 0 spiro atoms. The van der Waals surface area contributed by atoms with Crippen LogP contribution in [0.5, 0.6) is 11.5 Å². The fourth-order valence-electron chi connectivity index (χ4n) is 3.14. The van der Waals surface area contributed by atoms with E-state index in [-0.39, 0.29) is 6.10 Å². The average molecular weight is 276 g/mol. The minimum absolute atomic E-state index is 0.282. The number of likely N-dealkylation sites (tertiary alicyclic amines) is 1. The lowest BCUT2D eigenvalue weighted by atomic mass is 10.0. The van der Waals surface area contributed by atoms with Gasteiger partial charge in [-0.1, -0.05) is 6.07 Å². The van der Waals surface area contributed by atoms with Crippen molar-refractivity contribution in [1.29, 1.82) is 0 Å². The minimum atomic E-state index is 0.282. The molecule has 1 aromatic rings. The fraction of sp³-hybridized carbons (Fsp3) is 0.625. The van der Waals surface area contributed by atoms with E-state index in [2.05, 4.69) is 35.5 Å². The number of nitrogens with zero attached hydrogens (tertiary/aromatic N) is 1. The molecule has 3 rings (SSSR count). The maximum Gasteiger partial charge on any atom is 0.161 e. The molecule has 2 aliphatic rings. The summed E-state index contributed by atoms with van der Waals surface area (Å²) < 4.78 is 11.6. The molecule has 0 aromatic heterocycles. The largest absolute Gasteiger partial charge is 0.493 e. The molecule has 0 saturated carbocycles. The predicted molar refractivity (Wildman–Crippen MR) is 79.5 cm³/mol. The van der Waals surface area contributed by atoms with Gasteiger partial charge < -0.3 is 19.7 Å². The van der Waals surface area contributed by atoms with E-state index in [1.165, 1.54) is 18.4 Å². The summed E-state index contributed by atoms with van der Waals surface area (Å²) in [5.41, 5.74) is 1.30. The second kappa shape index (κ2) is 6.02. The normalized spacial score (nSPS) is 26.9. The highest BCUT2D eigenvalue weighted by atomic mass is 16.5. The lowest BCUT2D eigenvalue weighted by Crippen LogP contribution is -2.21. The SMILES string of the molecule is COc1cc(C2CCCN2)ccc1OC1CCN(C)C1. The van der Waals surface area contributed by atoms with Gasteiger partial charge in [0.2, 0.25) is 0 Å². The molecule has 2 unspecified atom stereocenters. The summed E-state index contributed by atoms with van der Waals surface area (Å²) in [6.07, 6.45) is 3.83. The van der Waals surface area contributed by atoms with Crippen LogP contribution in [0.2, 0.25) is 0 Å². The van der Waals surface area contributed by atoms with Gasteiger partial charge >= 0.3 is 0 Å². The lowest BCUT2D eigenvalue weighted by Gasteiger charge is -2.18. The van der Waals surface area contributed by atoms with E-state index in [1.54, 1.807) is 7.11 Å². The highest BCUT2D eigenvalue weighted by Crippen LogP contribution is 2.34. The molecule has 0 bridgehead atoms. The molecular formula is C16H24N2O2. The average Bonchev–Trinajstić information content (AvgIpc) is 3.11. The van der Waals surface area contributed by atoms with Gasteiger partial charge in [0, 0.05) is 19.1 Å². The van der Waals surface area contributed by atoms with Gasteiger partial charge in [-0.3, -0.25) is 0 Å². The van der Waals surface area contributed by atoms with Crippen molar-refractivity contribution in [2.75, 3.05) is 33.8 Å². The Kier molecular flexibility index (Phi) is 4.13. The number of hydrogen-bond acceptors (Lipinski definition) is 4. The Hall–Kier alpha value is -1.26. The number of ether oxygens (including phenoxy) is 2. The van der Waals surface area contributed by atoms with Gasteiger partial charge in [-0.25, -0.2) is 0 Å². The smallest absolute Gasteiger partial charge is 0.161 e. The molecule has 20 heavy (non-hydrogen) atoms. The molecule has 2 aliphatic heterocycles. The number of likely N-dealkylation sites (N-methyl/N-ethyl adjacent to an activating group) is 1. The van der Waals surface area contributed by atoms with Gasteiger partial charge in [0.15, 0.2) is 11.5 Å². The van der Waals surface area contributed by atoms with Gasteiger partial charge in [0.25, 0.3) is 0 Å². The molecule has 2 heterocycles. The standard InChI is InChI=1S/C16H24N2O2/c1-18-9-7-13(11-18)20-15-6-5-12(10-16(15)19-2)14-4-3-8-17-14/h5-6,10,13-14,17H,3-4,7-9,11H2,1-2H3. The zero-order valence-electron chi connectivity index (χ0n) is 12.4. The molecular weight excluding hydrogens is 252 g/mol. The Bertz CT molecular complexity index is 458. The number of nitrogens with one attached hydrogen (secondary N) is 1. The Balaban J connectivity index is 1.73. The van der Waals surface area contributed by atoms with Gasteiger partial charge in [-0.15, -0.1) is 0 Å². The minimum Gasteiger partial charge on any atom is -0.493 e. The molecule has 1 aromatic carbocycles. The lowest BCUT2D eigenvalue weighted by molar-refractivity contribution is 0.199. The van der Waals surface area contributed by atoms with Crippen molar-refractivity contribution in [3.05, 3.63) is 23.8 Å². The third-order valence-corrected chi connectivity index (χ3v) is 4.29. The van der Waals surface area contributed by atoms with Gasteiger partial charge in [0.05, 0.1) is 7.11 Å². The van der Waals surface area contributed by atoms with Gasteiger partial charge in [0.1, 0.15) is 6.10 Å². The zero-order valence-corrected chi connectivity index (χ0v) is 12.4. The second-order valence-electron chi connectivity index (χ2n) is 5.85. The first-order valence-corrected chi connectivity index (χ1v) is 7.53. The van der Waals surface area contributed by atoms with Gasteiger partial charge in [-0.05, 0) is 50.6 Å². The van der Waals surface area contributed by atoms with Crippen LogP contribution in [-0.4, -0.2) is 44.8 Å². The summed E-state index contributed by atoms with van der Waals surface area (Å²) in [6, 6.07) is 6.82. The van der Waals surface area contributed by atoms with Crippen LogP contribution in [0, 0.1) is 0 Å². The van der Waals surface area contributed by atoms with Crippen molar-refractivity contribution < 1.29 is 9.47 Å². The van der Waals surface area contributed by atoms with E-state index < -0.39 is 0 Å². The number of rotatable bonds is 4.